The minimum atomic E-state index is -4.69. The summed E-state index contributed by atoms with van der Waals surface area (Å²) in [7, 11) is 1.35. The molecule has 3 amide bonds. The van der Waals surface area contributed by atoms with Gasteiger partial charge in [-0.15, -0.1) is 0 Å². The van der Waals surface area contributed by atoms with Crippen LogP contribution in [0.15, 0.2) is 18.5 Å². The van der Waals surface area contributed by atoms with Crippen LogP contribution >= 0.6 is 0 Å². The van der Waals surface area contributed by atoms with E-state index in [2.05, 4.69) is 20.7 Å². The Morgan fingerprint density at radius 2 is 1.88 bits per heavy atom. The molecule has 0 saturated carbocycles. The van der Waals surface area contributed by atoms with Gasteiger partial charge >= 0.3 is 18.3 Å². The van der Waals surface area contributed by atoms with E-state index in [1.165, 1.54) is 30.1 Å². The topological polar surface area (TPSA) is 119 Å². The van der Waals surface area contributed by atoms with E-state index in [0.717, 1.165) is 18.7 Å². The molecular formula is C24H33F5N6O5. The Morgan fingerprint density at radius 3 is 2.48 bits per heavy atom. The third-order valence-corrected chi connectivity index (χ3v) is 5.95. The van der Waals surface area contributed by atoms with Crippen molar-refractivity contribution < 1.29 is 45.8 Å². The number of hydrogen-bond acceptors (Lipinski definition) is 7. The number of nitrogens with one attached hydrogen (secondary N) is 2. The first-order valence-corrected chi connectivity index (χ1v) is 12.3. The third-order valence-electron chi connectivity index (χ3n) is 5.95. The highest BCUT2D eigenvalue weighted by Gasteiger charge is 2.49. The number of amides is 3. The number of urea groups is 1. The Kier molecular flexibility index (Phi) is 8.84. The maximum absolute atomic E-state index is 14.1. The molecule has 0 aliphatic carbocycles. The molecule has 2 aromatic rings. The zero-order valence-electron chi connectivity index (χ0n) is 22.9. The SMILES string of the molecule is COCC(c1cnn2cc([C@H](COC(C)(C)C(F)(F)F)NC(=O)OC(C)(C)C)nc2c1)N1CC(F)(F)CNC1=O. The molecule has 2 aromatic heterocycles. The van der Waals surface area contributed by atoms with Crippen LogP contribution < -0.4 is 10.6 Å². The van der Waals surface area contributed by atoms with Crippen LogP contribution in [0.4, 0.5) is 31.5 Å². The molecule has 40 heavy (non-hydrogen) atoms. The Hall–Kier alpha value is -3.27. The third kappa shape index (κ3) is 7.68. The fourth-order valence-corrected chi connectivity index (χ4v) is 3.74. The Labute approximate surface area is 227 Å². The number of carbonyl (C=O) groups is 2. The molecule has 0 bridgehead atoms. The fourth-order valence-electron chi connectivity index (χ4n) is 3.74. The predicted molar refractivity (Wildman–Crippen MR) is 131 cm³/mol. The Morgan fingerprint density at radius 1 is 1.20 bits per heavy atom. The van der Waals surface area contributed by atoms with E-state index in [4.69, 9.17) is 14.2 Å². The number of fused-ring (bicyclic) bond motifs is 1. The molecule has 11 nitrogen and oxygen atoms in total. The summed E-state index contributed by atoms with van der Waals surface area (Å²) in [5.74, 6) is -3.16. The summed E-state index contributed by atoms with van der Waals surface area (Å²) in [5, 5.41) is 8.85. The summed E-state index contributed by atoms with van der Waals surface area (Å²) in [4.78, 5) is 30.2. The number of alkyl halides is 5. The van der Waals surface area contributed by atoms with Crippen LogP contribution in [-0.2, 0) is 14.2 Å². The first kappa shape index (κ1) is 31.3. The molecule has 0 aromatic carbocycles. The summed E-state index contributed by atoms with van der Waals surface area (Å²) in [6.07, 6.45) is -2.89. The van der Waals surface area contributed by atoms with Gasteiger partial charge in [0.05, 0.1) is 56.5 Å². The van der Waals surface area contributed by atoms with Crippen molar-refractivity contribution in [2.75, 3.05) is 33.4 Å². The number of ether oxygens (including phenoxy) is 3. The average Bonchev–Trinajstić information content (AvgIpc) is 3.23. The normalized spacial score (nSPS) is 17.9. The highest BCUT2D eigenvalue weighted by atomic mass is 19.4. The standard InChI is InChI=1S/C24H33F5N6O5/c1-21(2,3)40-20(37)33-16(10-39-22(4,5)24(27,28)29)15-9-35-18(32-15)7-14(8-31-35)17(11-38-6)34-13-23(25,26)12-30-19(34)36/h7-9,16-17H,10-13H2,1-6H3,(H,30,36)(H,33,37)/t16-,17?/m0/s1. The quantitative estimate of drug-likeness (QED) is 0.431. The molecule has 1 fully saturated rings. The van der Waals surface area contributed by atoms with Crippen LogP contribution in [0.2, 0.25) is 0 Å². The van der Waals surface area contributed by atoms with Gasteiger partial charge in [0.15, 0.2) is 11.2 Å². The zero-order valence-corrected chi connectivity index (χ0v) is 22.9. The molecule has 3 heterocycles. The number of alkyl carbamates (subject to hydrolysis) is 1. The van der Waals surface area contributed by atoms with Gasteiger partial charge in [-0.25, -0.2) is 27.9 Å². The van der Waals surface area contributed by atoms with Gasteiger partial charge in [0.2, 0.25) is 0 Å². The predicted octanol–water partition coefficient (Wildman–Crippen LogP) is 4.00. The van der Waals surface area contributed by atoms with Gasteiger partial charge in [-0.1, -0.05) is 0 Å². The van der Waals surface area contributed by atoms with Crippen LogP contribution in [0.5, 0.6) is 0 Å². The second-order valence-corrected chi connectivity index (χ2v) is 10.9. The molecule has 1 saturated heterocycles. The fraction of sp³-hybridized carbons (Fsp3) is 0.667. The van der Waals surface area contributed by atoms with E-state index in [1.807, 2.05) is 0 Å². The zero-order chi connectivity index (χ0) is 30.1. The number of methoxy groups -OCH3 is 1. The lowest BCUT2D eigenvalue weighted by atomic mass is 10.1. The smallest absolute Gasteiger partial charge is 0.416 e. The number of hydrogen-bond donors (Lipinski definition) is 2. The maximum atomic E-state index is 14.1. The van der Waals surface area contributed by atoms with Crippen LogP contribution in [0, 0.1) is 0 Å². The second kappa shape index (κ2) is 11.3. The molecular weight excluding hydrogens is 547 g/mol. The van der Waals surface area contributed by atoms with Gasteiger partial charge in [0, 0.05) is 12.7 Å². The minimum Gasteiger partial charge on any atom is -0.444 e. The van der Waals surface area contributed by atoms with Crippen molar-refractivity contribution in [2.45, 2.75) is 70.0 Å². The van der Waals surface area contributed by atoms with Crippen molar-refractivity contribution in [3.8, 4) is 0 Å². The van der Waals surface area contributed by atoms with E-state index in [0.29, 0.717) is 5.56 Å². The number of rotatable bonds is 9. The van der Waals surface area contributed by atoms with Crippen LogP contribution in [0.1, 0.15) is 58.0 Å². The molecule has 2 N–H and O–H groups in total. The van der Waals surface area contributed by atoms with Crippen LogP contribution in [0.3, 0.4) is 0 Å². The van der Waals surface area contributed by atoms with Gasteiger partial charge < -0.3 is 29.7 Å². The van der Waals surface area contributed by atoms with E-state index < -0.39 is 67.2 Å². The summed E-state index contributed by atoms with van der Waals surface area (Å²) < 4.78 is 85.2. The number of carbonyl (C=O) groups excluding carboxylic acids is 2. The van der Waals surface area contributed by atoms with E-state index in [-0.39, 0.29) is 17.9 Å². The van der Waals surface area contributed by atoms with Gasteiger partial charge in [-0.3, -0.25) is 0 Å². The summed E-state index contributed by atoms with van der Waals surface area (Å²) >= 11 is 0. The van der Waals surface area contributed by atoms with Gasteiger partial charge in [0.1, 0.15) is 5.60 Å². The summed E-state index contributed by atoms with van der Waals surface area (Å²) in [5.41, 5.74) is -2.83. The Balaban J connectivity index is 1.94. The first-order chi connectivity index (χ1) is 18.3. The summed E-state index contributed by atoms with van der Waals surface area (Å²) in [6, 6.07) is -1.35. The highest BCUT2D eigenvalue weighted by molar-refractivity contribution is 5.76. The lowest BCUT2D eigenvalue weighted by molar-refractivity contribution is -0.265. The largest absolute Gasteiger partial charge is 0.444 e. The van der Waals surface area contributed by atoms with Crippen LogP contribution in [0.25, 0.3) is 5.65 Å². The van der Waals surface area contributed by atoms with Crippen molar-refractivity contribution in [3.63, 3.8) is 0 Å². The summed E-state index contributed by atoms with van der Waals surface area (Å²) in [6.45, 7) is 4.20. The molecule has 2 atom stereocenters. The molecule has 1 aliphatic rings. The molecule has 16 heteroatoms. The van der Waals surface area contributed by atoms with E-state index >= 15 is 0 Å². The molecule has 0 radical (unpaired) electrons. The Bertz CT molecular complexity index is 1210. The second-order valence-electron chi connectivity index (χ2n) is 10.9. The molecule has 0 spiro atoms. The molecule has 224 valence electrons. The number of aromatic nitrogens is 3. The number of imidazole rings is 1. The van der Waals surface area contributed by atoms with Crippen molar-refractivity contribution in [3.05, 3.63) is 29.7 Å². The number of nitrogens with zero attached hydrogens (tertiary/aromatic N) is 4. The van der Waals surface area contributed by atoms with E-state index in [9.17, 15) is 31.5 Å². The molecule has 1 unspecified atom stereocenters. The van der Waals surface area contributed by atoms with Crippen molar-refractivity contribution >= 4 is 17.8 Å². The highest BCUT2D eigenvalue weighted by Crippen LogP contribution is 2.34. The van der Waals surface area contributed by atoms with Crippen molar-refractivity contribution in [2.24, 2.45) is 0 Å². The van der Waals surface area contributed by atoms with Crippen LogP contribution in [-0.4, -0.2) is 88.3 Å². The molecule has 1 aliphatic heterocycles. The minimum absolute atomic E-state index is 0.0963. The van der Waals surface area contributed by atoms with Crippen molar-refractivity contribution in [1.82, 2.24) is 30.1 Å². The first-order valence-electron chi connectivity index (χ1n) is 12.3. The molecule has 3 rings (SSSR count). The lowest BCUT2D eigenvalue weighted by Crippen LogP contribution is -2.58. The van der Waals surface area contributed by atoms with E-state index in [1.54, 1.807) is 20.8 Å². The average molecular weight is 581 g/mol. The van der Waals surface area contributed by atoms with Gasteiger partial charge in [0.25, 0.3) is 5.92 Å². The van der Waals surface area contributed by atoms with Crippen molar-refractivity contribution in [1.29, 1.82) is 0 Å². The maximum Gasteiger partial charge on any atom is 0.416 e. The number of halogens is 5. The van der Waals surface area contributed by atoms with Gasteiger partial charge in [-0.2, -0.15) is 18.3 Å². The monoisotopic (exact) mass is 580 g/mol. The van der Waals surface area contributed by atoms with Gasteiger partial charge in [-0.05, 0) is 40.7 Å². The lowest BCUT2D eigenvalue weighted by Gasteiger charge is -2.38.